The summed E-state index contributed by atoms with van der Waals surface area (Å²) in [4.78, 5) is 0. The van der Waals surface area contributed by atoms with Crippen molar-refractivity contribution in [2.45, 2.75) is 87.5 Å². The van der Waals surface area contributed by atoms with E-state index in [-0.39, 0.29) is 16.2 Å². The number of unbranched alkanes of at least 4 members (excludes halogenated alkanes) is 1. The molecule has 0 nitrogen and oxygen atoms in total. The highest BCUT2D eigenvalue weighted by molar-refractivity contribution is 6.30. The molecule has 4 aromatic carbocycles. The van der Waals surface area contributed by atoms with Crippen molar-refractivity contribution in [3.8, 4) is 0 Å². The number of allylic oxidation sites excluding steroid dienone is 8. The van der Waals surface area contributed by atoms with Crippen LogP contribution < -0.4 is 0 Å². The average molecular weight is 782 g/mol. The molecule has 4 aromatic rings. The first-order valence-corrected chi connectivity index (χ1v) is 21.9. The summed E-state index contributed by atoms with van der Waals surface area (Å²) in [6.07, 6.45) is 16.8. The second kappa shape index (κ2) is 16.3. The van der Waals surface area contributed by atoms with Gasteiger partial charge in [-0.05, 0) is 133 Å². The molecule has 0 aromatic heterocycles. The number of benzene rings is 4. The summed E-state index contributed by atoms with van der Waals surface area (Å²) < 4.78 is 0. The lowest BCUT2D eigenvalue weighted by molar-refractivity contribution is 0.0348. The van der Waals surface area contributed by atoms with Crippen LogP contribution in [0.1, 0.15) is 96.9 Å². The molecule has 0 bridgehead atoms. The Balaban J connectivity index is 1.54. The Bertz CT molecular complexity index is 1940. The smallest absolute Gasteiger partial charge is 0.0406 e. The van der Waals surface area contributed by atoms with E-state index in [1.54, 1.807) is 0 Å². The van der Waals surface area contributed by atoms with Crippen LogP contribution in [0.5, 0.6) is 0 Å². The van der Waals surface area contributed by atoms with E-state index in [1.807, 2.05) is 0 Å². The van der Waals surface area contributed by atoms with E-state index in [4.69, 9.17) is 23.2 Å². The van der Waals surface area contributed by atoms with Gasteiger partial charge in [-0.15, -0.1) is 0 Å². The quantitative estimate of drug-likeness (QED) is 0.142. The van der Waals surface area contributed by atoms with Gasteiger partial charge in [-0.2, -0.15) is 0 Å². The molecule has 0 heterocycles. The summed E-state index contributed by atoms with van der Waals surface area (Å²) in [5.74, 6) is 2.31. The zero-order valence-corrected chi connectivity index (χ0v) is 36.5. The topological polar surface area (TPSA) is 0 Å². The van der Waals surface area contributed by atoms with Crippen LogP contribution in [0.25, 0.3) is 11.1 Å². The Morgan fingerprint density at radius 1 is 0.518 bits per heavy atom. The van der Waals surface area contributed by atoms with Crippen LogP contribution in [-0.2, 0) is 12.8 Å². The van der Waals surface area contributed by atoms with Crippen molar-refractivity contribution in [3.63, 3.8) is 0 Å². The maximum Gasteiger partial charge on any atom is 0.0406 e. The highest BCUT2D eigenvalue weighted by Gasteiger charge is 2.59. The van der Waals surface area contributed by atoms with Gasteiger partial charge in [0.05, 0.1) is 0 Å². The molecule has 0 radical (unpaired) electrons. The van der Waals surface area contributed by atoms with Gasteiger partial charge in [-0.25, -0.2) is 0 Å². The summed E-state index contributed by atoms with van der Waals surface area (Å²) in [7, 11) is 0. The fourth-order valence-corrected chi connectivity index (χ4v) is 11.1. The third-order valence-electron chi connectivity index (χ3n) is 13.5. The average Bonchev–Trinajstić information content (AvgIpc) is 3.49. The van der Waals surface area contributed by atoms with Crippen LogP contribution in [0.2, 0.25) is 10.0 Å². The molecule has 56 heavy (non-hydrogen) atoms. The number of halogens is 2. The van der Waals surface area contributed by atoms with Crippen molar-refractivity contribution in [1.29, 1.82) is 0 Å². The summed E-state index contributed by atoms with van der Waals surface area (Å²) in [5.41, 5.74) is 11.0. The Kier molecular flexibility index (Phi) is 11.9. The van der Waals surface area contributed by atoms with Gasteiger partial charge in [-0.3, -0.25) is 0 Å². The Morgan fingerprint density at radius 2 is 0.911 bits per heavy atom. The Labute approximate surface area is 348 Å². The summed E-state index contributed by atoms with van der Waals surface area (Å²) >= 11 is 13.1. The normalized spacial score (nSPS) is 23.0. The standard InChI is InChI=1S/C54H62Cl2/c1-9-10-17-36(2)54(34-37-18-13-11-14-19-37,35-38-20-15-12-16-21-38)51-47-30-43(39-22-26-41(55)27-23-39)49(52(3,4)5)32-45(47)46-33-50(53(6,7)8)44(31-48(46)51)40-24-28-42(56)29-25-40/h11-16,18-33,36,45-48,51H,9-10,17,34-35H2,1-8H3. The Hall–Kier alpha value is -3.58. The monoisotopic (exact) mass is 780 g/mol. The molecule has 0 spiro atoms. The third-order valence-corrected chi connectivity index (χ3v) is 14.0. The lowest BCUT2D eigenvalue weighted by atomic mass is 9.54. The lowest BCUT2D eigenvalue weighted by Gasteiger charge is -2.50. The molecule has 0 N–H and O–H groups in total. The molecule has 7 rings (SSSR count). The second-order valence-corrected chi connectivity index (χ2v) is 20.1. The van der Waals surface area contributed by atoms with E-state index in [9.17, 15) is 0 Å². The Morgan fingerprint density at radius 3 is 1.27 bits per heavy atom. The molecular formula is C54H62Cl2. The molecule has 1 fully saturated rings. The molecule has 1 saturated carbocycles. The van der Waals surface area contributed by atoms with Crippen molar-refractivity contribution in [2.24, 2.45) is 51.8 Å². The minimum Gasteiger partial charge on any atom is -0.0843 e. The van der Waals surface area contributed by atoms with Gasteiger partial charge in [0.25, 0.3) is 0 Å². The van der Waals surface area contributed by atoms with Crippen molar-refractivity contribution < 1.29 is 0 Å². The molecule has 292 valence electrons. The van der Waals surface area contributed by atoms with Crippen molar-refractivity contribution in [2.75, 3.05) is 0 Å². The van der Waals surface area contributed by atoms with E-state index in [1.165, 1.54) is 63.8 Å². The highest BCUT2D eigenvalue weighted by atomic mass is 35.5. The first-order chi connectivity index (χ1) is 26.7. The van der Waals surface area contributed by atoms with Crippen LogP contribution in [0.15, 0.2) is 145 Å². The zero-order valence-electron chi connectivity index (χ0n) is 35.0. The fraction of sp³-hybridized carbons (Fsp3) is 0.407. The van der Waals surface area contributed by atoms with Gasteiger partial charge in [0.15, 0.2) is 0 Å². The predicted molar refractivity (Wildman–Crippen MR) is 243 cm³/mol. The minimum absolute atomic E-state index is 0.0242. The lowest BCUT2D eigenvalue weighted by Crippen LogP contribution is -2.46. The molecule has 5 unspecified atom stereocenters. The first kappa shape index (κ1) is 40.6. The molecular weight excluding hydrogens is 719 g/mol. The number of hydrogen-bond acceptors (Lipinski definition) is 0. The molecule has 5 atom stereocenters. The van der Waals surface area contributed by atoms with Crippen LogP contribution in [-0.4, -0.2) is 0 Å². The largest absolute Gasteiger partial charge is 0.0843 e. The zero-order chi connectivity index (χ0) is 39.8. The van der Waals surface area contributed by atoms with Gasteiger partial charge >= 0.3 is 0 Å². The number of rotatable bonds is 11. The van der Waals surface area contributed by atoms with Crippen LogP contribution >= 0.6 is 23.2 Å². The van der Waals surface area contributed by atoms with Crippen molar-refractivity contribution in [1.82, 2.24) is 0 Å². The van der Waals surface area contributed by atoms with Gasteiger partial charge in [0.1, 0.15) is 0 Å². The van der Waals surface area contributed by atoms with Crippen LogP contribution in [0, 0.1) is 51.8 Å². The van der Waals surface area contributed by atoms with Gasteiger partial charge in [-0.1, -0.05) is 207 Å². The third kappa shape index (κ3) is 8.22. The molecule has 2 heteroatoms. The van der Waals surface area contributed by atoms with Crippen molar-refractivity contribution in [3.05, 3.63) is 177 Å². The predicted octanol–water partition coefficient (Wildman–Crippen LogP) is 15.8. The van der Waals surface area contributed by atoms with E-state index in [0.29, 0.717) is 35.5 Å². The van der Waals surface area contributed by atoms with E-state index < -0.39 is 0 Å². The maximum atomic E-state index is 6.53. The minimum atomic E-state index is -0.0286. The SMILES string of the molecule is CCCCC(C)C(Cc1ccccc1)(Cc1ccccc1)C1C2C=C(c3ccc(Cl)cc3)C(C(C)(C)C)=CC2C2C=C(C(C)(C)C)C(c3ccc(Cl)cc3)=CC21. The summed E-state index contributed by atoms with van der Waals surface area (Å²) in [5, 5.41) is 1.56. The van der Waals surface area contributed by atoms with Gasteiger partial charge < -0.3 is 0 Å². The number of fused-ring (bicyclic) bond motifs is 3. The summed E-state index contributed by atoms with van der Waals surface area (Å²) in [6, 6.07) is 40.1. The van der Waals surface area contributed by atoms with E-state index in [2.05, 4.69) is 189 Å². The molecule has 3 aliphatic rings. The first-order valence-electron chi connectivity index (χ1n) is 21.2. The molecule has 0 amide bonds. The fourth-order valence-electron chi connectivity index (χ4n) is 10.8. The van der Waals surface area contributed by atoms with Crippen LogP contribution in [0.3, 0.4) is 0 Å². The number of hydrogen-bond donors (Lipinski definition) is 0. The van der Waals surface area contributed by atoms with E-state index >= 15 is 0 Å². The van der Waals surface area contributed by atoms with Gasteiger partial charge in [0.2, 0.25) is 0 Å². The molecule has 3 aliphatic carbocycles. The maximum absolute atomic E-state index is 6.53. The molecule has 0 aliphatic heterocycles. The van der Waals surface area contributed by atoms with Crippen molar-refractivity contribution >= 4 is 34.3 Å². The van der Waals surface area contributed by atoms with Crippen LogP contribution in [0.4, 0.5) is 0 Å². The molecule has 0 saturated heterocycles. The van der Waals surface area contributed by atoms with E-state index in [0.717, 1.165) is 22.9 Å². The second-order valence-electron chi connectivity index (χ2n) is 19.3. The van der Waals surface area contributed by atoms with Gasteiger partial charge in [0, 0.05) is 10.0 Å². The summed E-state index contributed by atoms with van der Waals surface area (Å²) in [6.45, 7) is 19.3. The highest BCUT2D eigenvalue weighted by Crippen LogP contribution is 2.65.